The Labute approximate surface area is 140 Å². The first-order valence-corrected chi connectivity index (χ1v) is 7.68. The van der Waals surface area contributed by atoms with Gasteiger partial charge in [0.15, 0.2) is 0 Å². The zero-order chi connectivity index (χ0) is 16.9. The van der Waals surface area contributed by atoms with E-state index in [9.17, 15) is 4.79 Å². The Morgan fingerprint density at radius 2 is 2.17 bits per heavy atom. The van der Waals surface area contributed by atoms with Gasteiger partial charge in [0.2, 0.25) is 5.91 Å². The number of nitrogens with one attached hydrogen (secondary N) is 1. The molecule has 1 aromatic carbocycles. The average Bonchev–Trinajstić information content (AvgIpc) is 3.00. The summed E-state index contributed by atoms with van der Waals surface area (Å²) in [5.41, 5.74) is 3.77. The van der Waals surface area contributed by atoms with Gasteiger partial charge in [0, 0.05) is 18.5 Å². The van der Waals surface area contributed by atoms with Gasteiger partial charge >= 0.3 is 0 Å². The van der Waals surface area contributed by atoms with E-state index in [1.165, 1.54) is 6.08 Å². The predicted octanol–water partition coefficient (Wildman–Crippen LogP) is 2.98. The van der Waals surface area contributed by atoms with Gasteiger partial charge in [-0.2, -0.15) is 0 Å². The lowest BCUT2D eigenvalue weighted by Gasteiger charge is -2.00. The predicted molar refractivity (Wildman–Crippen MR) is 93.8 cm³/mol. The van der Waals surface area contributed by atoms with Crippen LogP contribution in [-0.2, 0) is 11.3 Å². The van der Waals surface area contributed by atoms with E-state index in [0.29, 0.717) is 6.54 Å². The van der Waals surface area contributed by atoms with Gasteiger partial charge in [-0.25, -0.2) is 4.98 Å². The number of rotatable bonds is 5. The second kappa shape index (κ2) is 7.00. The molecule has 0 aliphatic carbocycles. The molecule has 3 rings (SSSR count). The van der Waals surface area contributed by atoms with Crippen molar-refractivity contribution in [2.24, 2.45) is 0 Å². The summed E-state index contributed by atoms with van der Waals surface area (Å²) in [6.07, 6.45) is 7.20. The number of carbonyl (C=O) groups is 1. The second-order valence-electron chi connectivity index (χ2n) is 5.53. The van der Waals surface area contributed by atoms with E-state index in [2.05, 4.69) is 10.3 Å². The summed E-state index contributed by atoms with van der Waals surface area (Å²) in [6, 6.07) is 11.5. The van der Waals surface area contributed by atoms with Gasteiger partial charge in [0.05, 0.1) is 19.3 Å². The highest BCUT2D eigenvalue weighted by Crippen LogP contribution is 2.13. The number of amides is 1. The molecular weight excluding hydrogens is 302 g/mol. The Balaban J connectivity index is 1.60. The average molecular weight is 321 g/mol. The minimum Gasteiger partial charge on any atom is -0.497 e. The van der Waals surface area contributed by atoms with Crippen molar-refractivity contribution in [1.82, 2.24) is 14.7 Å². The van der Waals surface area contributed by atoms with Crippen LogP contribution in [0.2, 0.25) is 0 Å². The topological polar surface area (TPSA) is 55.6 Å². The number of ether oxygens (including phenoxy) is 1. The molecule has 0 unspecified atom stereocenters. The number of carbonyl (C=O) groups excluding carboxylic acids is 1. The quantitative estimate of drug-likeness (QED) is 0.735. The molecule has 0 spiro atoms. The van der Waals surface area contributed by atoms with E-state index in [1.54, 1.807) is 13.2 Å². The van der Waals surface area contributed by atoms with Crippen LogP contribution in [0.3, 0.4) is 0 Å². The summed E-state index contributed by atoms with van der Waals surface area (Å²) < 4.78 is 7.12. The van der Waals surface area contributed by atoms with Crippen LogP contribution in [0.25, 0.3) is 11.7 Å². The van der Waals surface area contributed by atoms with Gasteiger partial charge in [-0.3, -0.25) is 4.79 Å². The third-order valence-electron chi connectivity index (χ3n) is 3.61. The number of aryl methyl sites for hydroxylation is 1. The van der Waals surface area contributed by atoms with Crippen molar-refractivity contribution in [3.63, 3.8) is 0 Å². The lowest BCUT2D eigenvalue weighted by molar-refractivity contribution is -0.116. The van der Waals surface area contributed by atoms with Crippen LogP contribution >= 0.6 is 0 Å². The smallest absolute Gasteiger partial charge is 0.244 e. The number of nitrogens with zero attached hydrogens (tertiary/aromatic N) is 2. The molecule has 0 fully saturated rings. The Morgan fingerprint density at radius 3 is 3.00 bits per heavy atom. The molecule has 1 amide bonds. The number of methoxy groups -OCH3 is 1. The standard InChI is InChI=1S/C19H19N3O2/c1-14-6-8-18-21-16(13-22(18)12-14)11-20-19(23)9-7-15-4-3-5-17(10-15)24-2/h3-10,12-13H,11H2,1-2H3,(H,20,23)/b9-7+. The molecule has 5 nitrogen and oxygen atoms in total. The molecule has 0 saturated carbocycles. The molecule has 2 heterocycles. The van der Waals surface area contributed by atoms with Crippen molar-refractivity contribution < 1.29 is 9.53 Å². The van der Waals surface area contributed by atoms with E-state index >= 15 is 0 Å². The van der Waals surface area contributed by atoms with Crippen LogP contribution in [0.4, 0.5) is 0 Å². The van der Waals surface area contributed by atoms with E-state index < -0.39 is 0 Å². The first-order valence-electron chi connectivity index (χ1n) is 7.68. The fraction of sp³-hybridized carbons (Fsp3) is 0.158. The summed E-state index contributed by atoms with van der Waals surface area (Å²) in [4.78, 5) is 16.4. The molecule has 0 saturated heterocycles. The summed E-state index contributed by atoms with van der Waals surface area (Å²) in [5.74, 6) is 0.601. The monoisotopic (exact) mass is 321 g/mol. The van der Waals surface area contributed by atoms with E-state index in [0.717, 1.165) is 28.2 Å². The van der Waals surface area contributed by atoms with E-state index in [4.69, 9.17) is 4.74 Å². The minimum absolute atomic E-state index is 0.161. The second-order valence-corrected chi connectivity index (χ2v) is 5.53. The Morgan fingerprint density at radius 1 is 1.29 bits per heavy atom. The lowest BCUT2D eigenvalue weighted by atomic mass is 10.2. The molecule has 24 heavy (non-hydrogen) atoms. The van der Waals surface area contributed by atoms with Crippen LogP contribution in [-0.4, -0.2) is 22.4 Å². The van der Waals surface area contributed by atoms with Crippen molar-refractivity contribution in [1.29, 1.82) is 0 Å². The van der Waals surface area contributed by atoms with Gasteiger partial charge in [-0.15, -0.1) is 0 Å². The van der Waals surface area contributed by atoms with Gasteiger partial charge in [-0.05, 0) is 42.3 Å². The molecular formula is C19H19N3O2. The van der Waals surface area contributed by atoms with Gasteiger partial charge in [0.25, 0.3) is 0 Å². The highest BCUT2D eigenvalue weighted by Gasteiger charge is 2.03. The number of benzene rings is 1. The first kappa shape index (κ1) is 15.8. The number of pyridine rings is 1. The van der Waals surface area contributed by atoms with Gasteiger partial charge in [-0.1, -0.05) is 18.2 Å². The minimum atomic E-state index is -0.161. The molecule has 5 heteroatoms. The third kappa shape index (κ3) is 3.81. The van der Waals surface area contributed by atoms with Crippen molar-refractivity contribution in [3.05, 3.63) is 71.7 Å². The maximum atomic E-state index is 11.9. The van der Waals surface area contributed by atoms with Crippen LogP contribution in [0.1, 0.15) is 16.8 Å². The van der Waals surface area contributed by atoms with Crippen LogP contribution in [0, 0.1) is 6.92 Å². The Kier molecular flexibility index (Phi) is 4.61. The molecule has 0 aliphatic heterocycles. The molecule has 1 N–H and O–H groups in total. The van der Waals surface area contributed by atoms with Crippen molar-refractivity contribution in [3.8, 4) is 5.75 Å². The summed E-state index contributed by atoms with van der Waals surface area (Å²) >= 11 is 0. The first-order chi connectivity index (χ1) is 11.6. The van der Waals surface area contributed by atoms with Crippen molar-refractivity contribution >= 4 is 17.6 Å². The summed E-state index contributed by atoms with van der Waals surface area (Å²) in [7, 11) is 1.62. The highest BCUT2D eigenvalue weighted by molar-refractivity contribution is 5.91. The Bertz CT molecular complexity index is 897. The van der Waals surface area contributed by atoms with Crippen LogP contribution in [0.5, 0.6) is 5.75 Å². The summed E-state index contributed by atoms with van der Waals surface area (Å²) in [6.45, 7) is 2.42. The SMILES string of the molecule is COc1cccc(/C=C/C(=O)NCc2cn3cc(C)ccc3n2)c1. The van der Waals surface area contributed by atoms with E-state index in [1.807, 2.05) is 60.1 Å². The molecule has 0 radical (unpaired) electrons. The Hall–Kier alpha value is -3.08. The highest BCUT2D eigenvalue weighted by atomic mass is 16.5. The fourth-order valence-electron chi connectivity index (χ4n) is 2.39. The lowest BCUT2D eigenvalue weighted by Crippen LogP contribution is -2.20. The number of aromatic nitrogens is 2. The number of fused-ring (bicyclic) bond motifs is 1. The molecule has 0 aliphatic rings. The largest absolute Gasteiger partial charge is 0.497 e. The maximum Gasteiger partial charge on any atom is 0.244 e. The normalized spacial score (nSPS) is 11.1. The molecule has 0 bridgehead atoms. The zero-order valence-electron chi connectivity index (χ0n) is 13.7. The molecule has 0 atom stereocenters. The van der Waals surface area contributed by atoms with Gasteiger partial charge in [0.1, 0.15) is 11.4 Å². The summed E-state index contributed by atoms with van der Waals surface area (Å²) in [5, 5.41) is 2.84. The van der Waals surface area contributed by atoms with E-state index in [-0.39, 0.29) is 5.91 Å². The van der Waals surface area contributed by atoms with Crippen molar-refractivity contribution in [2.45, 2.75) is 13.5 Å². The third-order valence-corrected chi connectivity index (χ3v) is 3.61. The number of hydrogen-bond donors (Lipinski definition) is 1. The van der Waals surface area contributed by atoms with Crippen LogP contribution in [0.15, 0.2) is 54.9 Å². The fourth-order valence-corrected chi connectivity index (χ4v) is 2.39. The van der Waals surface area contributed by atoms with Gasteiger partial charge < -0.3 is 14.5 Å². The number of hydrogen-bond acceptors (Lipinski definition) is 3. The molecule has 3 aromatic rings. The number of imidazole rings is 1. The maximum absolute atomic E-state index is 11.9. The molecule has 122 valence electrons. The van der Waals surface area contributed by atoms with Crippen molar-refractivity contribution in [2.75, 3.05) is 7.11 Å². The molecule has 2 aromatic heterocycles. The van der Waals surface area contributed by atoms with Crippen LogP contribution < -0.4 is 10.1 Å². The zero-order valence-corrected chi connectivity index (χ0v) is 13.7.